The summed E-state index contributed by atoms with van der Waals surface area (Å²) in [6, 6.07) is 5.02. The van der Waals surface area contributed by atoms with E-state index in [1.165, 1.54) is 11.8 Å². The topological polar surface area (TPSA) is 92.3 Å². The van der Waals surface area contributed by atoms with E-state index in [1.807, 2.05) is 0 Å². The minimum absolute atomic E-state index is 0.0978. The van der Waals surface area contributed by atoms with Crippen LogP contribution in [0.2, 0.25) is 0 Å². The molecule has 7 nitrogen and oxygen atoms in total. The highest BCUT2D eigenvalue weighted by Gasteiger charge is 2.12. The van der Waals surface area contributed by atoms with E-state index in [0.29, 0.717) is 29.3 Å². The predicted octanol–water partition coefficient (Wildman–Crippen LogP) is 0.637. The normalized spacial score (nSPS) is 10.3. The van der Waals surface area contributed by atoms with Gasteiger partial charge in [-0.15, -0.1) is 5.10 Å². The van der Waals surface area contributed by atoms with Crippen LogP contribution < -0.4 is 15.2 Å². The van der Waals surface area contributed by atoms with Gasteiger partial charge in [-0.25, -0.2) is 4.68 Å². The van der Waals surface area contributed by atoms with Crippen LogP contribution in [0.4, 0.5) is 0 Å². The van der Waals surface area contributed by atoms with E-state index in [9.17, 15) is 4.79 Å². The number of methoxy groups -OCH3 is 2. The lowest BCUT2D eigenvalue weighted by atomic mass is 10.1. The van der Waals surface area contributed by atoms with Crippen LogP contribution in [0.25, 0.3) is 0 Å². The molecule has 1 aromatic heterocycles. The van der Waals surface area contributed by atoms with Crippen molar-refractivity contribution in [1.82, 2.24) is 15.0 Å². The molecule has 0 amide bonds. The number of carbonyl (C=O) groups excluding carboxylic acids is 1. The molecule has 2 rings (SSSR count). The van der Waals surface area contributed by atoms with Gasteiger partial charge in [0.1, 0.15) is 6.54 Å². The number of nitrogens with zero attached hydrogens (tertiary/aromatic N) is 3. The zero-order chi connectivity index (χ0) is 14.5. The third kappa shape index (κ3) is 2.94. The summed E-state index contributed by atoms with van der Waals surface area (Å²) < 4.78 is 11.8. The minimum atomic E-state index is -0.0978. The van der Waals surface area contributed by atoms with Gasteiger partial charge in [-0.05, 0) is 18.2 Å². The second-order valence-electron chi connectivity index (χ2n) is 4.10. The molecule has 0 aliphatic carbocycles. The molecular formula is C13H16N4O3. The van der Waals surface area contributed by atoms with Crippen molar-refractivity contribution in [2.75, 3.05) is 14.2 Å². The number of nitrogens with two attached hydrogens (primary N) is 1. The Morgan fingerprint density at radius 2 is 2.05 bits per heavy atom. The van der Waals surface area contributed by atoms with Gasteiger partial charge in [0.05, 0.1) is 26.1 Å². The SMILES string of the molecule is COc1ccc(C(=O)Cn2cc(CN)nn2)cc1OC. The Bertz CT molecular complexity index is 609. The van der Waals surface area contributed by atoms with Gasteiger partial charge in [0, 0.05) is 12.1 Å². The Hall–Kier alpha value is -2.41. The molecule has 0 radical (unpaired) electrons. The lowest BCUT2D eigenvalue weighted by Crippen LogP contribution is -2.11. The average Bonchev–Trinajstić information content (AvgIpc) is 2.94. The number of rotatable bonds is 6. The van der Waals surface area contributed by atoms with Crippen molar-refractivity contribution < 1.29 is 14.3 Å². The van der Waals surface area contributed by atoms with Crippen LogP contribution in [0, 0.1) is 0 Å². The average molecular weight is 276 g/mol. The first-order valence-electron chi connectivity index (χ1n) is 6.02. The van der Waals surface area contributed by atoms with E-state index < -0.39 is 0 Å². The van der Waals surface area contributed by atoms with E-state index in [0.717, 1.165) is 0 Å². The summed E-state index contributed by atoms with van der Waals surface area (Å²) in [5.41, 5.74) is 6.61. The first kappa shape index (κ1) is 14.0. The molecular weight excluding hydrogens is 260 g/mol. The zero-order valence-electron chi connectivity index (χ0n) is 11.4. The van der Waals surface area contributed by atoms with Gasteiger partial charge in [-0.3, -0.25) is 4.79 Å². The smallest absolute Gasteiger partial charge is 0.184 e. The third-order valence-electron chi connectivity index (χ3n) is 2.81. The summed E-state index contributed by atoms with van der Waals surface area (Å²) >= 11 is 0. The summed E-state index contributed by atoms with van der Waals surface area (Å²) in [5.74, 6) is 0.995. The van der Waals surface area contributed by atoms with Crippen molar-refractivity contribution in [3.05, 3.63) is 35.7 Å². The van der Waals surface area contributed by atoms with Crippen LogP contribution in [0.5, 0.6) is 11.5 Å². The van der Waals surface area contributed by atoms with Crippen molar-refractivity contribution in [2.45, 2.75) is 13.1 Å². The van der Waals surface area contributed by atoms with E-state index in [-0.39, 0.29) is 12.3 Å². The molecule has 0 atom stereocenters. The summed E-state index contributed by atoms with van der Waals surface area (Å²) in [4.78, 5) is 12.2. The van der Waals surface area contributed by atoms with Gasteiger partial charge in [0.2, 0.25) is 0 Å². The van der Waals surface area contributed by atoms with Gasteiger partial charge in [-0.2, -0.15) is 0 Å². The second-order valence-corrected chi connectivity index (χ2v) is 4.10. The fourth-order valence-electron chi connectivity index (χ4n) is 1.76. The van der Waals surface area contributed by atoms with Crippen molar-refractivity contribution >= 4 is 5.78 Å². The molecule has 0 fully saturated rings. The quantitative estimate of drug-likeness (QED) is 0.778. The van der Waals surface area contributed by atoms with Crippen molar-refractivity contribution in [3.8, 4) is 11.5 Å². The van der Waals surface area contributed by atoms with Crippen LogP contribution in [0.1, 0.15) is 16.1 Å². The number of ketones is 1. The summed E-state index contributed by atoms with van der Waals surface area (Å²) in [7, 11) is 3.07. The van der Waals surface area contributed by atoms with Crippen molar-refractivity contribution in [2.24, 2.45) is 5.73 Å². The first-order chi connectivity index (χ1) is 9.67. The standard InChI is InChI=1S/C13H16N4O3/c1-19-12-4-3-9(5-13(12)20-2)11(18)8-17-7-10(6-14)15-16-17/h3-5,7H,6,8,14H2,1-2H3. The molecule has 0 bridgehead atoms. The largest absolute Gasteiger partial charge is 0.493 e. The molecule has 7 heteroatoms. The fraction of sp³-hybridized carbons (Fsp3) is 0.308. The van der Waals surface area contributed by atoms with E-state index in [4.69, 9.17) is 15.2 Å². The monoisotopic (exact) mass is 276 g/mol. The maximum absolute atomic E-state index is 12.2. The highest BCUT2D eigenvalue weighted by Crippen LogP contribution is 2.27. The van der Waals surface area contributed by atoms with Gasteiger partial charge in [0.25, 0.3) is 0 Å². The molecule has 0 saturated heterocycles. The molecule has 1 heterocycles. The molecule has 106 valence electrons. The molecule has 1 aromatic carbocycles. The van der Waals surface area contributed by atoms with Crippen LogP contribution in [-0.2, 0) is 13.1 Å². The van der Waals surface area contributed by atoms with E-state index in [2.05, 4.69) is 10.3 Å². The van der Waals surface area contributed by atoms with Gasteiger partial charge in [0.15, 0.2) is 17.3 Å². The zero-order valence-corrected chi connectivity index (χ0v) is 11.4. The molecule has 20 heavy (non-hydrogen) atoms. The number of benzene rings is 1. The molecule has 2 N–H and O–H groups in total. The Kier molecular flexibility index (Phi) is 4.31. The summed E-state index contributed by atoms with van der Waals surface area (Å²) in [6.45, 7) is 0.396. The highest BCUT2D eigenvalue weighted by molar-refractivity contribution is 5.96. The van der Waals surface area contributed by atoms with Gasteiger partial charge in [-0.1, -0.05) is 5.21 Å². The lowest BCUT2D eigenvalue weighted by molar-refractivity contribution is 0.0966. The van der Waals surface area contributed by atoms with Crippen LogP contribution >= 0.6 is 0 Å². The molecule has 0 aliphatic heterocycles. The minimum Gasteiger partial charge on any atom is -0.493 e. The maximum Gasteiger partial charge on any atom is 0.184 e. The van der Waals surface area contributed by atoms with Crippen LogP contribution in [0.3, 0.4) is 0 Å². The number of carbonyl (C=O) groups is 1. The lowest BCUT2D eigenvalue weighted by Gasteiger charge is -2.08. The number of Topliss-reactive ketones (excluding diaryl/α,β-unsaturated/α-hetero) is 1. The Morgan fingerprint density at radius 3 is 2.65 bits per heavy atom. The Morgan fingerprint density at radius 1 is 1.30 bits per heavy atom. The number of hydrogen-bond donors (Lipinski definition) is 1. The van der Waals surface area contributed by atoms with Gasteiger partial charge >= 0.3 is 0 Å². The molecule has 0 saturated carbocycles. The molecule has 2 aromatic rings. The fourth-order valence-corrected chi connectivity index (χ4v) is 1.76. The third-order valence-corrected chi connectivity index (χ3v) is 2.81. The number of aromatic nitrogens is 3. The van der Waals surface area contributed by atoms with Crippen molar-refractivity contribution in [3.63, 3.8) is 0 Å². The summed E-state index contributed by atoms with van der Waals surface area (Å²) in [5, 5.41) is 7.67. The number of hydrogen-bond acceptors (Lipinski definition) is 6. The highest BCUT2D eigenvalue weighted by atomic mass is 16.5. The van der Waals surface area contributed by atoms with E-state index in [1.54, 1.807) is 31.5 Å². The Labute approximate surface area is 116 Å². The first-order valence-corrected chi connectivity index (χ1v) is 6.02. The molecule has 0 unspecified atom stereocenters. The maximum atomic E-state index is 12.2. The van der Waals surface area contributed by atoms with Crippen LogP contribution in [-0.4, -0.2) is 35.0 Å². The number of ether oxygens (including phenoxy) is 2. The predicted molar refractivity (Wildman–Crippen MR) is 71.8 cm³/mol. The van der Waals surface area contributed by atoms with Gasteiger partial charge < -0.3 is 15.2 Å². The summed E-state index contributed by atoms with van der Waals surface area (Å²) in [6.07, 6.45) is 1.65. The molecule has 0 aliphatic rings. The molecule has 0 spiro atoms. The second kappa shape index (κ2) is 6.16. The van der Waals surface area contributed by atoms with Crippen molar-refractivity contribution in [1.29, 1.82) is 0 Å². The van der Waals surface area contributed by atoms with E-state index >= 15 is 0 Å². The van der Waals surface area contributed by atoms with Crippen LogP contribution in [0.15, 0.2) is 24.4 Å². The Balaban J connectivity index is 2.16.